The smallest absolute Gasteiger partial charge is 0.326 e. The topological polar surface area (TPSA) is 95.9 Å². The van der Waals surface area contributed by atoms with Crippen LogP contribution in [0.2, 0.25) is 0 Å². The molecule has 0 aliphatic heterocycles. The Bertz CT molecular complexity index is 887. The molecule has 2 rings (SSSR count). The number of ether oxygens (including phenoxy) is 1. The SMILES string of the molecule is CC(CSC(=O)c1ccccc1)C(=O)N[C@@H](CCOCc1ccc(N(C)C)cc1)C(=O)O. The molecule has 7 nitrogen and oxygen atoms in total. The van der Waals surface area contributed by atoms with Gasteiger partial charge in [-0.2, -0.15) is 0 Å². The summed E-state index contributed by atoms with van der Waals surface area (Å²) in [7, 11) is 3.93. The van der Waals surface area contributed by atoms with E-state index in [0.29, 0.717) is 12.2 Å². The molecule has 8 heteroatoms. The number of anilines is 1. The number of thioether (sulfide) groups is 1. The molecule has 0 aliphatic carbocycles. The van der Waals surface area contributed by atoms with Crippen molar-refractivity contribution >= 4 is 34.4 Å². The van der Waals surface area contributed by atoms with E-state index in [1.807, 2.05) is 49.3 Å². The molecule has 172 valence electrons. The molecule has 1 unspecified atom stereocenters. The first-order valence-electron chi connectivity index (χ1n) is 10.4. The molecule has 32 heavy (non-hydrogen) atoms. The van der Waals surface area contributed by atoms with Crippen molar-refractivity contribution in [2.24, 2.45) is 5.92 Å². The summed E-state index contributed by atoms with van der Waals surface area (Å²) < 4.78 is 5.59. The van der Waals surface area contributed by atoms with Crippen LogP contribution in [0.3, 0.4) is 0 Å². The molecule has 1 amide bonds. The highest BCUT2D eigenvalue weighted by Crippen LogP contribution is 2.16. The molecule has 0 saturated carbocycles. The minimum Gasteiger partial charge on any atom is -0.480 e. The molecule has 0 heterocycles. The minimum absolute atomic E-state index is 0.118. The highest BCUT2D eigenvalue weighted by molar-refractivity contribution is 8.14. The fraction of sp³-hybridized carbons (Fsp3) is 0.375. The number of rotatable bonds is 12. The summed E-state index contributed by atoms with van der Waals surface area (Å²) in [6.45, 7) is 2.23. The third-order valence-corrected chi connectivity index (χ3v) is 5.97. The maximum Gasteiger partial charge on any atom is 0.326 e. The van der Waals surface area contributed by atoms with Crippen molar-refractivity contribution in [2.75, 3.05) is 31.4 Å². The van der Waals surface area contributed by atoms with Gasteiger partial charge in [0.25, 0.3) is 0 Å². The van der Waals surface area contributed by atoms with E-state index >= 15 is 0 Å². The van der Waals surface area contributed by atoms with Crippen molar-refractivity contribution in [3.8, 4) is 0 Å². The molecule has 0 radical (unpaired) electrons. The van der Waals surface area contributed by atoms with Crippen LogP contribution in [-0.2, 0) is 20.9 Å². The van der Waals surface area contributed by atoms with E-state index in [2.05, 4.69) is 5.32 Å². The predicted octanol–water partition coefficient (Wildman–Crippen LogP) is 3.44. The monoisotopic (exact) mass is 458 g/mol. The van der Waals surface area contributed by atoms with Crippen LogP contribution >= 0.6 is 11.8 Å². The quantitative estimate of drug-likeness (QED) is 0.470. The van der Waals surface area contributed by atoms with Gasteiger partial charge in [0.2, 0.25) is 11.0 Å². The van der Waals surface area contributed by atoms with Crippen LogP contribution in [0, 0.1) is 5.92 Å². The van der Waals surface area contributed by atoms with E-state index in [1.165, 1.54) is 0 Å². The second-order valence-electron chi connectivity index (χ2n) is 7.67. The minimum atomic E-state index is -1.11. The highest BCUT2D eigenvalue weighted by atomic mass is 32.2. The predicted molar refractivity (Wildman–Crippen MR) is 127 cm³/mol. The summed E-state index contributed by atoms with van der Waals surface area (Å²) in [5.74, 6) is -1.75. The van der Waals surface area contributed by atoms with Gasteiger partial charge < -0.3 is 20.1 Å². The Morgan fingerprint density at radius 2 is 1.72 bits per heavy atom. The molecule has 2 aromatic carbocycles. The van der Waals surface area contributed by atoms with Gasteiger partial charge in [0, 0.05) is 50.0 Å². The average molecular weight is 459 g/mol. The number of carbonyl (C=O) groups is 3. The Morgan fingerprint density at radius 1 is 1.06 bits per heavy atom. The summed E-state index contributed by atoms with van der Waals surface area (Å²) in [4.78, 5) is 38.1. The highest BCUT2D eigenvalue weighted by Gasteiger charge is 2.23. The van der Waals surface area contributed by atoms with Crippen LogP contribution in [0.25, 0.3) is 0 Å². The second kappa shape index (κ2) is 12.9. The molecule has 2 atom stereocenters. The Balaban J connectivity index is 1.74. The standard InChI is InChI=1S/C24H30N2O5S/c1-17(16-32-24(30)19-7-5-4-6-8-19)22(27)25-21(23(28)29)13-14-31-15-18-9-11-20(12-10-18)26(2)3/h4-12,17,21H,13-16H2,1-3H3,(H,25,27)(H,28,29)/t17?,21-/m0/s1. The van der Waals surface area contributed by atoms with Crippen molar-refractivity contribution in [3.63, 3.8) is 0 Å². The number of aliphatic carboxylic acids is 1. The molecular formula is C24H30N2O5S. The summed E-state index contributed by atoms with van der Waals surface area (Å²) in [6, 6.07) is 15.7. The average Bonchev–Trinajstić information content (AvgIpc) is 2.79. The molecule has 0 saturated heterocycles. The van der Waals surface area contributed by atoms with Gasteiger partial charge in [0.15, 0.2) is 0 Å². The zero-order chi connectivity index (χ0) is 23.5. The lowest BCUT2D eigenvalue weighted by Crippen LogP contribution is -2.44. The normalized spacial score (nSPS) is 12.6. The summed E-state index contributed by atoms with van der Waals surface area (Å²) in [5, 5.41) is 11.9. The fourth-order valence-electron chi connectivity index (χ4n) is 2.79. The second-order valence-corrected chi connectivity index (χ2v) is 8.66. The molecule has 0 spiro atoms. The Kier molecular flexibility index (Phi) is 10.2. The number of carboxylic acid groups (broad SMARTS) is 1. The first-order chi connectivity index (χ1) is 15.3. The van der Waals surface area contributed by atoms with Crippen LogP contribution in [0.1, 0.15) is 29.3 Å². The number of amides is 1. The van der Waals surface area contributed by atoms with Crippen LogP contribution in [0.5, 0.6) is 0 Å². The third kappa shape index (κ3) is 8.36. The van der Waals surface area contributed by atoms with E-state index < -0.39 is 23.8 Å². The van der Waals surface area contributed by atoms with Gasteiger partial charge in [-0.15, -0.1) is 0 Å². The van der Waals surface area contributed by atoms with Crippen molar-refractivity contribution in [2.45, 2.75) is 26.0 Å². The van der Waals surface area contributed by atoms with Crippen LogP contribution in [0.15, 0.2) is 54.6 Å². The van der Waals surface area contributed by atoms with Crippen LogP contribution in [0.4, 0.5) is 5.69 Å². The number of nitrogens with zero attached hydrogens (tertiary/aromatic N) is 1. The van der Waals surface area contributed by atoms with Crippen LogP contribution < -0.4 is 10.2 Å². The number of hydrogen-bond acceptors (Lipinski definition) is 6. The maximum absolute atomic E-state index is 12.4. The van der Waals surface area contributed by atoms with E-state index in [1.54, 1.807) is 31.2 Å². The van der Waals surface area contributed by atoms with Crippen molar-refractivity contribution in [3.05, 3.63) is 65.7 Å². The summed E-state index contributed by atoms with van der Waals surface area (Å²) in [5.41, 5.74) is 2.64. The van der Waals surface area contributed by atoms with E-state index in [9.17, 15) is 19.5 Å². The first-order valence-corrected chi connectivity index (χ1v) is 11.4. The Labute approximate surface area is 193 Å². The Morgan fingerprint density at radius 3 is 2.31 bits per heavy atom. The Hall–Kier alpha value is -2.84. The number of carbonyl (C=O) groups excluding carboxylic acids is 2. The lowest BCUT2D eigenvalue weighted by molar-refractivity contribution is -0.142. The molecule has 0 bridgehead atoms. The molecular weight excluding hydrogens is 428 g/mol. The molecule has 2 aromatic rings. The van der Waals surface area contributed by atoms with Gasteiger partial charge in [-0.1, -0.05) is 61.2 Å². The van der Waals surface area contributed by atoms with E-state index in [-0.39, 0.29) is 23.9 Å². The van der Waals surface area contributed by atoms with Gasteiger partial charge in [-0.05, 0) is 17.7 Å². The maximum atomic E-state index is 12.4. The van der Waals surface area contributed by atoms with Crippen LogP contribution in [-0.4, -0.2) is 54.6 Å². The molecule has 2 N–H and O–H groups in total. The first kappa shape index (κ1) is 25.4. The zero-order valence-corrected chi connectivity index (χ0v) is 19.4. The van der Waals surface area contributed by atoms with Gasteiger partial charge in [0.1, 0.15) is 6.04 Å². The lowest BCUT2D eigenvalue weighted by Gasteiger charge is -2.18. The number of hydrogen-bond donors (Lipinski definition) is 2. The van der Waals surface area contributed by atoms with E-state index in [0.717, 1.165) is 23.0 Å². The van der Waals surface area contributed by atoms with E-state index in [4.69, 9.17) is 4.74 Å². The van der Waals surface area contributed by atoms with Gasteiger partial charge in [-0.25, -0.2) is 4.79 Å². The molecule has 0 aliphatic rings. The lowest BCUT2D eigenvalue weighted by atomic mass is 10.1. The zero-order valence-electron chi connectivity index (χ0n) is 18.6. The van der Waals surface area contributed by atoms with Gasteiger partial charge in [-0.3, -0.25) is 9.59 Å². The van der Waals surface area contributed by atoms with Crippen molar-refractivity contribution < 1.29 is 24.2 Å². The number of benzene rings is 2. The molecule has 0 fully saturated rings. The largest absolute Gasteiger partial charge is 0.480 e. The summed E-state index contributed by atoms with van der Waals surface area (Å²) >= 11 is 1.05. The van der Waals surface area contributed by atoms with Gasteiger partial charge in [0.05, 0.1) is 6.61 Å². The third-order valence-electron chi connectivity index (χ3n) is 4.81. The number of carboxylic acids is 1. The summed E-state index contributed by atoms with van der Waals surface area (Å²) in [6.07, 6.45) is 0.152. The van der Waals surface area contributed by atoms with Crippen molar-refractivity contribution in [1.82, 2.24) is 5.32 Å². The van der Waals surface area contributed by atoms with Gasteiger partial charge >= 0.3 is 5.97 Å². The number of nitrogens with one attached hydrogen (secondary N) is 1. The fourth-order valence-corrected chi connectivity index (χ4v) is 3.64. The molecule has 0 aromatic heterocycles. The van der Waals surface area contributed by atoms with Crippen molar-refractivity contribution in [1.29, 1.82) is 0 Å².